The van der Waals surface area contributed by atoms with Crippen LogP contribution >= 0.6 is 0 Å². The lowest BCUT2D eigenvalue weighted by Gasteiger charge is -2.17. The van der Waals surface area contributed by atoms with Gasteiger partial charge in [-0.3, -0.25) is 9.59 Å². The molecule has 2 amide bonds. The third-order valence-electron chi connectivity index (χ3n) is 4.56. The van der Waals surface area contributed by atoms with E-state index in [0.29, 0.717) is 12.1 Å². The Labute approximate surface area is 146 Å². The van der Waals surface area contributed by atoms with Gasteiger partial charge < -0.3 is 10.2 Å². The van der Waals surface area contributed by atoms with E-state index in [4.69, 9.17) is 0 Å². The lowest BCUT2D eigenvalue weighted by Crippen LogP contribution is -2.32. The molecule has 1 N–H and O–H groups in total. The third-order valence-corrected chi connectivity index (χ3v) is 4.56. The van der Waals surface area contributed by atoms with Crippen LogP contribution in [-0.2, 0) is 22.6 Å². The van der Waals surface area contributed by atoms with E-state index in [0.717, 1.165) is 12.1 Å². The van der Waals surface area contributed by atoms with E-state index in [9.17, 15) is 14.0 Å². The predicted octanol–water partition coefficient (Wildman–Crippen LogP) is 3.06. The largest absolute Gasteiger partial charge is 0.352 e. The molecule has 1 fully saturated rings. The van der Waals surface area contributed by atoms with Gasteiger partial charge in [0.05, 0.1) is 5.92 Å². The molecule has 1 aliphatic heterocycles. The summed E-state index contributed by atoms with van der Waals surface area (Å²) in [5, 5.41) is 2.73. The summed E-state index contributed by atoms with van der Waals surface area (Å²) in [5.41, 5.74) is 2.45. The minimum Gasteiger partial charge on any atom is -0.352 e. The Kier molecular flexibility index (Phi) is 5.12. The summed E-state index contributed by atoms with van der Waals surface area (Å²) in [6.45, 7) is 2.56. The van der Waals surface area contributed by atoms with Gasteiger partial charge in [0, 0.05) is 30.8 Å². The van der Waals surface area contributed by atoms with Crippen molar-refractivity contribution >= 4 is 17.5 Å². The second kappa shape index (κ2) is 7.47. The molecule has 0 unspecified atom stereocenters. The molecular formula is C20H21FN2O2. The molecule has 1 atom stereocenters. The second-order valence-corrected chi connectivity index (χ2v) is 6.23. The van der Waals surface area contributed by atoms with Crippen molar-refractivity contribution in [2.75, 3.05) is 11.4 Å². The van der Waals surface area contributed by atoms with Crippen molar-refractivity contribution in [3.63, 3.8) is 0 Å². The molecule has 5 heteroatoms. The van der Waals surface area contributed by atoms with Crippen molar-refractivity contribution in [2.24, 2.45) is 5.92 Å². The molecule has 2 aromatic rings. The Morgan fingerprint density at radius 3 is 2.60 bits per heavy atom. The number of benzene rings is 2. The van der Waals surface area contributed by atoms with Gasteiger partial charge in [0.25, 0.3) is 0 Å². The highest BCUT2D eigenvalue weighted by molar-refractivity contribution is 6.00. The molecule has 0 aliphatic carbocycles. The lowest BCUT2D eigenvalue weighted by molar-refractivity contribution is -0.126. The molecule has 25 heavy (non-hydrogen) atoms. The summed E-state index contributed by atoms with van der Waals surface area (Å²) >= 11 is 0. The fraction of sp³-hybridized carbons (Fsp3) is 0.300. The van der Waals surface area contributed by atoms with E-state index < -0.39 is 5.92 Å². The highest BCUT2D eigenvalue weighted by atomic mass is 19.1. The number of nitrogens with zero attached hydrogens (tertiary/aromatic N) is 1. The van der Waals surface area contributed by atoms with Gasteiger partial charge in [0.2, 0.25) is 11.8 Å². The van der Waals surface area contributed by atoms with E-state index in [-0.39, 0.29) is 30.6 Å². The smallest absolute Gasteiger partial charge is 0.227 e. The summed E-state index contributed by atoms with van der Waals surface area (Å²) in [6, 6.07) is 14.2. The minimum absolute atomic E-state index is 0.0599. The summed E-state index contributed by atoms with van der Waals surface area (Å²) < 4.78 is 13.6. The Morgan fingerprint density at radius 1 is 1.20 bits per heavy atom. The Morgan fingerprint density at radius 2 is 1.92 bits per heavy atom. The van der Waals surface area contributed by atoms with Crippen LogP contribution in [0.25, 0.3) is 0 Å². The standard InChI is InChI=1S/C20H21FN2O2/c1-2-14-7-9-17(10-8-14)23-13-16(11-19(23)24)20(25)22-12-15-5-3-4-6-18(15)21/h3-10,16H,2,11-13H2,1H3,(H,22,25)/t16-/m1/s1. The van der Waals surface area contributed by atoms with Crippen LogP contribution in [0.1, 0.15) is 24.5 Å². The van der Waals surface area contributed by atoms with Crippen molar-refractivity contribution < 1.29 is 14.0 Å². The van der Waals surface area contributed by atoms with Crippen LogP contribution in [0.3, 0.4) is 0 Å². The molecule has 0 saturated carbocycles. The second-order valence-electron chi connectivity index (χ2n) is 6.23. The zero-order chi connectivity index (χ0) is 17.8. The topological polar surface area (TPSA) is 49.4 Å². The Balaban J connectivity index is 1.61. The highest BCUT2D eigenvalue weighted by Crippen LogP contribution is 2.25. The first-order chi connectivity index (χ1) is 12.1. The number of carbonyl (C=O) groups is 2. The predicted molar refractivity (Wildman–Crippen MR) is 94.5 cm³/mol. The fourth-order valence-electron chi connectivity index (χ4n) is 3.01. The molecule has 0 radical (unpaired) electrons. The van der Waals surface area contributed by atoms with Crippen LogP contribution in [-0.4, -0.2) is 18.4 Å². The van der Waals surface area contributed by atoms with Gasteiger partial charge >= 0.3 is 0 Å². The molecule has 0 aromatic heterocycles. The van der Waals surface area contributed by atoms with Crippen molar-refractivity contribution in [3.05, 3.63) is 65.5 Å². The van der Waals surface area contributed by atoms with Crippen LogP contribution in [0, 0.1) is 11.7 Å². The SMILES string of the molecule is CCc1ccc(N2C[C@H](C(=O)NCc3ccccc3F)CC2=O)cc1. The molecular weight excluding hydrogens is 319 g/mol. The number of rotatable bonds is 5. The maximum atomic E-state index is 13.6. The van der Waals surface area contributed by atoms with Gasteiger partial charge in [0.1, 0.15) is 5.82 Å². The van der Waals surface area contributed by atoms with Crippen LogP contribution in [0.4, 0.5) is 10.1 Å². The van der Waals surface area contributed by atoms with Crippen molar-refractivity contribution in [1.29, 1.82) is 0 Å². The first-order valence-electron chi connectivity index (χ1n) is 8.49. The lowest BCUT2D eigenvalue weighted by atomic mass is 10.1. The molecule has 0 bridgehead atoms. The quantitative estimate of drug-likeness (QED) is 0.909. The zero-order valence-electron chi connectivity index (χ0n) is 14.2. The number of amides is 2. The molecule has 130 valence electrons. The van der Waals surface area contributed by atoms with Gasteiger partial charge in [-0.05, 0) is 30.2 Å². The molecule has 2 aromatic carbocycles. The van der Waals surface area contributed by atoms with Crippen LogP contribution in [0.5, 0.6) is 0 Å². The molecule has 0 spiro atoms. The first kappa shape index (κ1) is 17.1. The van der Waals surface area contributed by atoms with Crippen molar-refractivity contribution in [3.8, 4) is 0 Å². The number of halogens is 1. The highest BCUT2D eigenvalue weighted by Gasteiger charge is 2.35. The maximum absolute atomic E-state index is 13.6. The van der Waals surface area contributed by atoms with Gasteiger partial charge in [-0.2, -0.15) is 0 Å². The van der Waals surface area contributed by atoms with E-state index in [2.05, 4.69) is 12.2 Å². The zero-order valence-corrected chi connectivity index (χ0v) is 14.2. The van der Waals surface area contributed by atoms with Gasteiger partial charge in [0.15, 0.2) is 0 Å². The van der Waals surface area contributed by atoms with Gasteiger partial charge in [-0.25, -0.2) is 4.39 Å². The normalized spacial score (nSPS) is 17.0. The van der Waals surface area contributed by atoms with Crippen LogP contribution in [0.15, 0.2) is 48.5 Å². The summed E-state index contributed by atoms with van der Waals surface area (Å²) in [4.78, 5) is 26.2. The van der Waals surface area contributed by atoms with E-state index in [1.54, 1.807) is 23.1 Å². The molecule has 1 aliphatic rings. The molecule has 3 rings (SSSR count). The monoisotopic (exact) mass is 340 g/mol. The number of anilines is 1. The van der Waals surface area contributed by atoms with Crippen LogP contribution < -0.4 is 10.2 Å². The molecule has 1 heterocycles. The Bertz CT molecular complexity index is 774. The number of nitrogens with one attached hydrogen (secondary N) is 1. The number of hydrogen-bond donors (Lipinski definition) is 1. The third kappa shape index (κ3) is 3.87. The molecule has 4 nitrogen and oxygen atoms in total. The molecule has 1 saturated heterocycles. The number of aryl methyl sites for hydroxylation is 1. The Hall–Kier alpha value is -2.69. The summed E-state index contributed by atoms with van der Waals surface area (Å²) in [5.74, 6) is -1.03. The summed E-state index contributed by atoms with van der Waals surface area (Å²) in [6.07, 6.45) is 1.12. The van der Waals surface area contributed by atoms with Crippen molar-refractivity contribution in [1.82, 2.24) is 5.32 Å². The number of carbonyl (C=O) groups excluding carboxylic acids is 2. The van der Waals surface area contributed by atoms with Gasteiger partial charge in [-0.1, -0.05) is 37.3 Å². The first-order valence-corrected chi connectivity index (χ1v) is 8.49. The van der Waals surface area contributed by atoms with Crippen molar-refractivity contribution in [2.45, 2.75) is 26.3 Å². The minimum atomic E-state index is -0.412. The fourth-order valence-corrected chi connectivity index (χ4v) is 3.01. The van der Waals surface area contributed by atoms with Crippen LogP contribution in [0.2, 0.25) is 0 Å². The van der Waals surface area contributed by atoms with E-state index in [1.807, 2.05) is 24.3 Å². The average molecular weight is 340 g/mol. The van der Waals surface area contributed by atoms with Gasteiger partial charge in [-0.15, -0.1) is 0 Å². The van der Waals surface area contributed by atoms with E-state index >= 15 is 0 Å². The maximum Gasteiger partial charge on any atom is 0.227 e. The number of hydrogen-bond acceptors (Lipinski definition) is 2. The average Bonchev–Trinajstić information content (AvgIpc) is 3.03. The summed E-state index contributed by atoms with van der Waals surface area (Å²) in [7, 11) is 0. The van der Waals surface area contributed by atoms with E-state index in [1.165, 1.54) is 11.6 Å².